The zero-order valence-electron chi connectivity index (χ0n) is 16.9. The average molecular weight is 482 g/mol. The van der Waals surface area contributed by atoms with Gasteiger partial charge in [0.25, 0.3) is 5.91 Å². The van der Waals surface area contributed by atoms with Gasteiger partial charge >= 0.3 is 0 Å². The van der Waals surface area contributed by atoms with Gasteiger partial charge in [-0.3, -0.25) is 4.79 Å². The summed E-state index contributed by atoms with van der Waals surface area (Å²) in [6.45, 7) is -0.197. The quantitative estimate of drug-likeness (QED) is 0.386. The van der Waals surface area contributed by atoms with E-state index in [1.54, 1.807) is 26.4 Å². The van der Waals surface area contributed by atoms with Crippen LogP contribution in [0, 0.1) is 0 Å². The van der Waals surface area contributed by atoms with Gasteiger partial charge in [0, 0.05) is 5.56 Å². The summed E-state index contributed by atoms with van der Waals surface area (Å²) in [4.78, 5) is 20.3. The van der Waals surface area contributed by atoms with Crippen molar-refractivity contribution < 1.29 is 19.0 Å². The molecule has 4 rings (SSSR count). The standard InChI is InChI=1S/C23H20BrN3O4/c1-29-19-10-6-5-9-18(19)25-21(28)13-31-22-15(24)11-14(12-20(22)30-2)23-26-16-7-3-4-8-17(16)27-23/h3-12H,13H2,1-2H3,(H,25,28)(H,26,27). The van der Waals surface area contributed by atoms with Crippen LogP contribution in [-0.4, -0.2) is 36.7 Å². The molecule has 0 saturated carbocycles. The number of carbonyl (C=O) groups is 1. The molecular weight excluding hydrogens is 462 g/mol. The highest BCUT2D eigenvalue weighted by molar-refractivity contribution is 9.10. The van der Waals surface area contributed by atoms with Gasteiger partial charge in [0.1, 0.15) is 11.6 Å². The SMILES string of the molecule is COc1ccccc1NC(=O)COc1c(Br)cc(-c2nc3ccccc3[nH]2)cc1OC. The molecule has 0 radical (unpaired) electrons. The van der Waals surface area contributed by atoms with Gasteiger partial charge < -0.3 is 24.5 Å². The van der Waals surface area contributed by atoms with E-state index in [9.17, 15) is 4.79 Å². The van der Waals surface area contributed by atoms with E-state index in [0.717, 1.165) is 16.6 Å². The first-order chi connectivity index (χ1) is 15.1. The molecule has 4 aromatic rings. The molecule has 0 fully saturated rings. The van der Waals surface area contributed by atoms with Crippen LogP contribution in [0.4, 0.5) is 5.69 Å². The molecule has 0 aliphatic carbocycles. The Kier molecular flexibility index (Phi) is 6.08. The minimum absolute atomic E-state index is 0.197. The predicted octanol–water partition coefficient (Wildman–Crippen LogP) is 5.03. The molecule has 0 aliphatic heterocycles. The number of methoxy groups -OCH3 is 2. The number of amides is 1. The Morgan fingerprint density at radius 1 is 1.03 bits per heavy atom. The van der Waals surface area contributed by atoms with Crippen molar-refractivity contribution >= 4 is 38.6 Å². The molecule has 8 heteroatoms. The first kappa shape index (κ1) is 20.7. The van der Waals surface area contributed by atoms with Gasteiger partial charge in [0.15, 0.2) is 18.1 Å². The van der Waals surface area contributed by atoms with E-state index in [4.69, 9.17) is 14.2 Å². The highest BCUT2D eigenvalue weighted by Gasteiger charge is 2.16. The number of imidazole rings is 1. The number of para-hydroxylation sites is 4. The van der Waals surface area contributed by atoms with E-state index in [0.29, 0.717) is 33.2 Å². The maximum atomic E-state index is 12.4. The monoisotopic (exact) mass is 481 g/mol. The topological polar surface area (TPSA) is 85.5 Å². The van der Waals surface area contributed by atoms with Crippen LogP contribution >= 0.6 is 15.9 Å². The van der Waals surface area contributed by atoms with Crippen molar-refractivity contribution in [2.75, 3.05) is 26.1 Å². The van der Waals surface area contributed by atoms with Crippen LogP contribution in [0.1, 0.15) is 0 Å². The fourth-order valence-electron chi connectivity index (χ4n) is 3.16. The smallest absolute Gasteiger partial charge is 0.262 e. The van der Waals surface area contributed by atoms with E-state index in [-0.39, 0.29) is 12.5 Å². The van der Waals surface area contributed by atoms with Crippen LogP contribution in [0.2, 0.25) is 0 Å². The van der Waals surface area contributed by atoms with Crippen molar-refractivity contribution in [2.45, 2.75) is 0 Å². The minimum atomic E-state index is -0.320. The molecule has 1 aromatic heterocycles. The maximum Gasteiger partial charge on any atom is 0.262 e. The molecule has 31 heavy (non-hydrogen) atoms. The van der Waals surface area contributed by atoms with E-state index in [2.05, 4.69) is 31.2 Å². The van der Waals surface area contributed by atoms with Crippen LogP contribution in [0.25, 0.3) is 22.4 Å². The molecule has 158 valence electrons. The second-order valence-electron chi connectivity index (χ2n) is 6.63. The summed E-state index contributed by atoms with van der Waals surface area (Å²) in [5.41, 5.74) is 3.22. The van der Waals surface area contributed by atoms with Crippen LogP contribution in [0.3, 0.4) is 0 Å². The molecule has 0 atom stereocenters. The van der Waals surface area contributed by atoms with Crippen LogP contribution in [0.5, 0.6) is 17.2 Å². The largest absolute Gasteiger partial charge is 0.495 e. The van der Waals surface area contributed by atoms with Gasteiger partial charge in [-0.05, 0) is 52.3 Å². The third kappa shape index (κ3) is 4.49. The Bertz CT molecular complexity index is 1210. The number of aromatic amines is 1. The Morgan fingerprint density at radius 2 is 1.77 bits per heavy atom. The number of hydrogen-bond acceptors (Lipinski definition) is 5. The van der Waals surface area contributed by atoms with Gasteiger partial charge in [0.05, 0.1) is 35.4 Å². The first-order valence-corrected chi connectivity index (χ1v) is 10.3. The Labute approximate surface area is 187 Å². The van der Waals surface area contributed by atoms with E-state index >= 15 is 0 Å². The fraction of sp³-hybridized carbons (Fsp3) is 0.130. The van der Waals surface area contributed by atoms with E-state index in [1.807, 2.05) is 48.5 Å². The molecule has 1 amide bonds. The summed E-state index contributed by atoms with van der Waals surface area (Å²) in [6, 6.07) is 18.7. The minimum Gasteiger partial charge on any atom is -0.495 e. The number of aromatic nitrogens is 2. The lowest BCUT2D eigenvalue weighted by atomic mass is 10.2. The van der Waals surface area contributed by atoms with Gasteiger partial charge in [-0.25, -0.2) is 4.98 Å². The summed E-state index contributed by atoms with van der Waals surface area (Å²) in [5, 5.41) is 2.78. The summed E-state index contributed by atoms with van der Waals surface area (Å²) in [6.07, 6.45) is 0. The molecule has 0 spiro atoms. The third-order valence-corrected chi connectivity index (χ3v) is 5.21. The number of nitrogens with zero attached hydrogens (tertiary/aromatic N) is 1. The van der Waals surface area contributed by atoms with Crippen molar-refractivity contribution in [2.24, 2.45) is 0 Å². The van der Waals surface area contributed by atoms with Gasteiger partial charge in [-0.15, -0.1) is 0 Å². The molecule has 0 saturated heterocycles. The molecule has 0 bridgehead atoms. The second-order valence-corrected chi connectivity index (χ2v) is 7.48. The number of benzene rings is 3. The summed E-state index contributed by atoms with van der Waals surface area (Å²) in [5.74, 6) is 1.87. The highest BCUT2D eigenvalue weighted by atomic mass is 79.9. The number of ether oxygens (including phenoxy) is 3. The molecule has 0 unspecified atom stereocenters. The Morgan fingerprint density at radius 3 is 2.55 bits per heavy atom. The summed E-state index contributed by atoms with van der Waals surface area (Å²) < 4.78 is 17.2. The number of anilines is 1. The van der Waals surface area contributed by atoms with Crippen LogP contribution in [0.15, 0.2) is 65.1 Å². The molecule has 0 aliphatic rings. The van der Waals surface area contributed by atoms with Gasteiger partial charge in [0.2, 0.25) is 0 Å². The maximum absolute atomic E-state index is 12.4. The third-order valence-electron chi connectivity index (χ3n) is 4.62. The zero-order valence-corrected chi connectivity index (χ0v) is 18.5. The van der Waals surface area contributed by atoms with Crippen molar-refractivity contribution in [3.8, 4) is 28.6 Å². The van der Waals surface area contributed by atoms with Crippen molar-refractivity contribution in [1.82, 2.24) is 9.97 Å². The summed E-state index contributed by atoms with van der Waals surface area (Å²) in [7, 11) is 3.10. The number of rotatable bonds is 7. The van der Waals surface area contributed by atoms with E-state index < -0.39 is 0 Å². The normalized spacial score (nSPS) is 10.7. The number of halogens is 1. The molecule has 2 N–H and O–H groups in total. The van der Waals surface area contributed by atoms with Crippen molar-refractivity contribution in [3.05, 3.63) is 65.1 Å². The molecule has 1 heterocycles. The Hall–Kier alpha value is -3.52. The Balaban J connectivity index is 1.52. The number of fused-ring (bicyclic) bond motifs is 1. The number of nitrogens with one attached hydrogen (secondary N) is 2. The molecule has 3 aromatic carbocycles. The fourth-order valence-corrected chi connectivity index (χ4v) is 3.71. The van der Waals surface area contributed by atoms with Gasteiger partial charge in [-0.1, -0.05) is 24.3 Å². The number of hydrogen-bond donors (Lipinski definition) is 2. The summed E-state index contributed by atoms with van der Waals surface area (Å²) >= 11 is 3.52. The van der Waals surface area contributed by atoms with Gasteiger partial charge in [-0.2, -0.15) is 0 Å². The highest BCUT2D eigenvalue weighted by Crippen LogP contribution is 2.39. The second kappa shape index (κ2) is 9.09. The van der Waals surface area contributed by atoms with Crippen molar-refractivity contribution in [1.29, 1.82) is 0 Å². The number of carbonyl (C=O) groups excluding carboxylic acids is 1. The lowest BCUT2D eigenvalue weighted by molar-refractivity contribution is -0.118. The van der Waals surface area contributed by atoms with Crippen LogP contribution in [-0.2, 0) is 4.79 Å². The van der Waals surface area contributed by atoms with Crippen LogP contribution < -0.4 is 19.5 Å². The predicted molar refractivity (Wildman–Crippen MR) is 123 cm³/mol. The van der Waals surface area contributed by atoms with Crippen molar-refractivity contribution in [3.63, 3.8) is 0 Å². The average Bonchev–Trinajstić information content (AvgIpc) is 3.22. The first-order valence-electron chi connectivity index (χ1n) is 9.47. The van der Waals surface area contributed by atoms with E-state index in [1.165, 1.54) is 0 Å². The zero-order chi connectivity index (χ0) is 21.8. The molecule has 7 nitrogen and oxygen atoms in total. The lowest BCUT2D eigenvalue weighted by Gasteiger charge is -2.14. The number of H-pyrrole nitrogens is 1. The lowest BCUT2D eigenvalue weighted by Crippen LogP contribution is -2.20. The molecular formula is C23H20BrN3O4.